The quantitative estimate of drug-likeness (QED) is 0.467. The Balaban J connectivity index is 1.94. The van der Waals surface area contributed by atoms with Crippen LogP contribution in [-0.2, 0) is 11.2 Å². The number of benzene rings is 1. The Kier molecular flexibility index (Phi) is 3.56. The number of carbonyl (C=O) groups is 1. The van der Waals surface area contributed by atoms with Gasteiger partial charge in [-0.25, -0.2) is 5.06 Å². The summed E-state index contributed by atoms with van der Waals surface area (Å²) in [5.41, 5.74) is 0.860. The number of amides is 1. The molecule has 4 nitrogen and oxygen atoms in total. The number of carbonyl (C=O) groups excluding carboxylic acids is 1. The van der Waals surface area contributed by atoms with Crippen LogP contribution in [0.1, 0.15) is 12.0 Å². The van der Waals surface area contributed by atoms with Crippen molar-refractivity contribution in [2.75, 3.05) is 0 Å². The fourth-order valence-corrected chi connectivity index (χ4v) is 1.88. The fourth-order valence-electron chi connectivity index (χ4n) is 1.88. The first-order valence-corrected chi connectivity index (χ1v) is 5.58. The molecule has 17 heavy (non-hydrogen) atoms. The fraction of sp³-hybridized carbons (Fsp3) is 0.308. The van der Waals surface area contributed by atoms with Crippen molar-refractivity contribution < 1.29 is 15.1 Å². The molecule has 0 fully saturated rings. The zero-order valence-electron chi connectivity index (χ0n) is 9.36. The van der Waals surface area contributed by atoms with Crippen LogP contribution in [0.2, 0.25) is 0 Å². The van der Waals surface area contributed by atoms with Crippen molar-refractivity contribution in [1.29, 1.82) is 0 Å². The monoisotopic (exact) mass is 233 g/mol. The van der Waals surface area contributed by atoms with Crippen molar-refractivity contribution in [3.63, 3.8) is 0 Å². The molecule has 90 valence electrons. The molecule has 0 radical (unpaired) electrons. The van der Waals surface area contributed by atoms with Gasteiger partial charge in [0.25, 0.3) is 5.91 Å². The highest BCUT2D eigenvalue weighted by molar-refractivity contribution is 5.78. The lowest BCUT2D eigenvalue weighted by atomic mass is 10.1. The van der Waals surface area contributed by atoms with Crippen LogP contribution in [0.5, 0.6) is 0 Å². The first-order valence-electron chi connectivity index (χ1n) is 5.58. The van der Waals surface area contributed by atoms with Crippen LogP contribution in [0.3, 0.4) is 0 Å². The van der Waals surface area contributed by atoms with E-state index < -0.39 is 12.1 Å². The Labute approximate surface area is 99.8 Å². The van der Waals surface area contributed by atoms with E-state index in [4.69, 9.17) is 0 Å². The Morgan fingerprint density at radius 3 is 2.59 bits per heavy atom. The smallest absolute Gasteiger partial charge is 0.250 e. The van der Waals surface area contributed by atoms with Crippen molar-refractivity contribution in [2.45, 2.75) is 25.0 Å². The second-order valence-electron chi connectivity index (χ2n) is 4.16. The van der Waals surface area contributed by atoms with E-state index in [1.807, 2.05) is 30.3 Å². The van der Waals surface area contributed by atoms with Crippen LogP contribution in [0.25, 0.3) is 0 Å². The Hall–Kier alpha value is -1.65. The summed E-state index contributed by atoms with van der Waals surface area (Å²) in [4.78, 5) is 11.8. The van der Waals surface area contributed by atoms with Crippen LogP contribution in [0.15, 0.2) is 42.5 Å². The predicted molar refractivity (Wildman–Crippen MR) is 62.3 cm³/mol. The van der Waals surface area contributed by atoms with E-state index in [1.165, 1.54) is 0 Å². The average molecular weight is 233 g/mol. The van der Waals surface area contributed by atoms with Crippen LogP contribution >= 0.6 is 0 Å². The van der Waals surface area contributed by atoms with Crippen molar-refractivity contribution in [1.82, 2.24) is 5.06 Å². The maximum Gasteiger partial charge on any atom is 0.250 e. The van der Waals surface area contributed by atoms with Gasteiger partial charge in [0.2, 0.25) is 0 Å². The van der Waals surface area contributed by atoms with Crippen molar-refractivity contribution in [2.24, 2.45) is 0 Å². The van der Waals surface area contributed by atoms with E-state index in [0.717, 1.165) is 5.56 Å². The van der Waals surface area contributed by atoms with E-state index >= 15 is 0 Å². The molecule has 0 spiro atoms. The van der Waals surface area contributed by atoms with Gasteiger partial charge in [-0.2, -0.15) is 0 Å². The minimum Gasteiger partial charge on any atom is -0.389 e. The summed E-state index contributed by atoms with van der Waals surface area (Å²) < 4.78 is 0. The summed E-state index contributed by atoms with van der Waals surface area (Å²) in [5, 5.41) is 19.7. The van der Waals surface area contributed by atoms with Gasteiger partial charge in [-0.15, -0.1) is 0 Å². The van der Waals surface area contributed by atoms with Gasteiger partial charge < -0.3 is 5.11 Å². The topological polar surface area (TPSA) is 60.8 Å². The molecule has 0 aromatic heterocycles. The lowest BCUT2D eigenvalue weighted by Gasteiger charge is -2.21. The highest BCUT2D eigenvalue weighted by Crippen LogP contribution is 2.16. The summed E-state index contributed by atoms with van der Waals surface area (Å²) in [6.45, 7) is 0. The number of aliphatic hydroxyl groups is 1. The third-order valence-electron chi connectivity index (χ3n) is 2.81. The van der Waals surface area contributed by atoms with Gasteiger partial charge in [0, 0.05) is 6.42 Å². The van der Waals surface area contributed by atoms with E-state index in [2.05, 4.69) is 0 Å². The van der Waals surface area contributed by atoms with Gasteiger partial charge in [0.1, 0.15) is 0 Å². The maximum absolute atomic E-state index is 11.8. The molecule has 1 aliphatic rings. The zero-order valence-corrected chi connectivity index (χ0v) is 9.36. The standard InChI is InChI=1S/C13H15NO3/c15-12-7-6-11(9-12)14(17)13(16)8-10-4-2-1-3-5-10/h1-7,11-12,15,17H,8-9H2/t11-,12-/m1/s1. The molecule has 2 rings (SSSR count). The second-order valence-corrected chi connectivity index (χ2v) is 4.16. The van der Waals surface area contributed by atoms with Crippen LogP contribution in [0.4, 0.5) is 0 Å². The summed E-state index contributed by atoms with van der Waals surface area (Å²) in [6.07, 6.45) is 3.19. The SMILES string of the molecule is O=C(Cc1ccccc1)N(O)[C@@H]1C=C[C@@H](O)C1. The third kappa shape index (κ3) is 2.93. The molecule has 0 unspecified atom stereocenters. The second kappa shape index (κ2) is 5.12. The van der Waals surface area contributed by atoms with Gasteiger partial charge in [-0.1, -0.05) is 42.5 Å². The molecule has 0 aliphatic heterocycles. The molecular weight excluding hydrogens is 218 g/mol. The summed E-state index contributed by atoms with van der Waals surface area (Å²) in [5.74, 6) is -0.361. The molecule has 1 amide bonds. The average Bonchev–Trinajstić information content (AvgIpc) is 2.76. The molecule has 0 saturated carbocycles. The summed E-state index contributed by atoms with van der Waals surface area (Å²) >= 11 is 0. The number of rotatable bonds is 3. The first-order chi connectivity index (χ1) is 8.16. The van der Waals surface area contributed by atoms with Gasteiger partial charge in [-0.05, 0) is 5.56 Å². The van der Waals surface area contributed by atoms with Gasteiger partial charge in [-0.3, -0.25) is 10.0 Å². The molecule has 2 atom stereocenters. The summed E-state index contributed by atoms with van der Waals surface area (Å²) in [6, 6.07) is 8.84. The lowest BCUT2D eigenvalue weighted by molar-refractivity contribution is -0.171. The van der Waals surface area contributed by atoms with Gasteiger partial charge in [0.15, 0.2) is 0 Å². The largest absolute Gasteiger partial charge is 0.389 e. The Bertz CT molecular complexity index is 416. The molecule has 0 bridgehead atoms. The van der Waals surface area contributed by atoms with Crippen molar-refractivity contribution in [3.05, 3.63) is 48.0 Å². The van der Waals surface area contributed by atoms with Gasteiger partial charge >= 0.3 is 0 Å². The number of nitrogens with zero attached hydrogens (tertiary/aromatic N) is 1. The van der Waals surface area contributed by atoms with E-state index in [-0.39, 0.29) is 12.3 Å². The molecule has 1 aromatic rings. The molecule has 1 aromatic carbocycles. The van der Waals surface area contributed by atoms with E-state index in [9.17, 15) is 15.1 Å². The first kappa shape index (κ1) is 11.8. The number of hydroxylamine groups is 2. The van der Waals surface area contributed by atoms with Crippen molar-refractivity contribution >= 4 is 5.91 Å². The molecule has 1 aliphatic carbocycles. The van der Waals surface area contributed by atoms with Crippen molar-refractivity contribution in [3.8, 4) is 0 Å². The van der Waals surface area contributed by atoms with Crippen LogP contribution in [-0.4, -0.2) is 33.4 Å². The number of aliphatic hydroxyl groups excluding tert-OH is 1. The highest BCUT2D eigenvalue weighted by atomic mass is 16.5. The number of hydrogen-bond donors (Lipinski definition) is 2. The minimum absolute atomic E-state index is 0.164. The molecule has 4 heteroatoms. The van der Waals surface area contributed by atoms with E-state index in [0.29, 0.717) is 11.5 Å². The van der Waals surface area contributed by atoms with Crippen LogP contribution in [0, 0.1) is 0 Å². The molecule has 0 saturated heterocycles. The Morgan fingerprint density at radius 1 is 1.29 bits per heavy atom. The van der Waals surface area contributed by atoms with Gasteiger partial charge in [0.05, 0.1) is 18.6 Å². The lowest BCUT2D eigenvalue weighted by Crippen LogP contribution is -2.37. The van der Waals surface area contributed by atoms with E-state index in [1.54, 1.807) is 12.2 Å². The van der Waals surface area contributed by atoms with Crippen LogP contribution < -0.4 is 0 Å². The molecular formula is C13H15NO3. The number of hydrogen-bond acceptors (Lipinski definition) is 3. The normalized spacial score (nSPS) is 22.7. The third-order valence-corrected chi connectivity index (χ3v) is 2.81. The molecule has 2 N–H and O–H groups in total. The maximum atomic E-state index is 11.8. The minimum atomic E-state index is -0.570. The Morgan fingerprint density at radius 2 is 2.00 bits per heavy atom. The zero-order chi connectivity index (χ0) is 12.3. The highest BCUT2D eigenvalue weighted by Gasteiger charge is 2.25. The molecule has 0 heterocycles. The predicted octanol–water partition coefficient (Wildman–Crippen LogP) is 1.14. The summed E-state index contributed by atoms with van der Waals surface area (Å²) in [7, 11) is 0.